The van der Waals surface area contributed by atoms with Crippen LogP contribution in [0.3, 0.4) is 0 Å². The van der Waals surface area contributed by atoms with Gasteiger partial charge in [0, 0.05) is 36.4 Å². The molecule has 8 heteroatoms. The summed E-state index contributed by atoms with van der Waals surface area (Å²) in [6, 6.07) is 1.30. The maximum atomic E-state index is 12.8. The van der Waals surface area contributed by atoms with Crippen molar-refractivity contribution in [2.45, 2.75) is 25.6 Å². The third-order valence-electron chi connectivity index (χ3n) is 3.97. The van der Waals surface area contributed by atoms with E-state index in [9.17, 15) is 13.2 Å². The Morgan fingerprint density at radius 1 is 1.43 bits per heavy atom. The summed E-state index contributed by atoms with van der Waals surface area (Å²) in [6.07, 6.45) is -0.518. The average Bonchev–Trinajstić information content (AvgIpc) is 3.00. The molecule has 1 fully saturated rings. The Balaban J connectivity index is 2.09. The number of nitrogens with zero attached hydrogens (tertiary/aromatic N) is 4. The van der Waals surface area contributed by atoms with Crippen LogP contribution in [-0.4, -0.2) is 32.5 Å². The van der Waals surface area contributed by atoms with Gasteiger partial charge in [0.25, 0.3) is 0 Å². The van der Waals surface area contributed by atoms with Crippen molar-refractivity contribution in [2.24, 2.45) is 5.92 Å². The third kappa shape index (κ3) is 2.49. The van der Waals surface area contributed by atoms with Crippen molar-refractivity contribution >= 4 is 27.3 Å². The molecule has 3 rings (SSSR count). The van der Waals surface area contributed by atoms with Crippen molar-refractivity contribution in [1.82, 2.24) is 14.6 Å². The SMILES string of the molecule is CC1CCN(c2nccn3nc(C(F)(F)F)cc23)C1CBr. The summed E-state index contributed by atoms with van der Waals surface area (Å²) in [5.41, 5.74) is -0.496. The van der Waals surface area contributed by atoms with E-state index in [2.05, 4.69) is 37.8 Å². The van der Waals surface area contributed by atoms with Crippen LogP contribution in [0.4, 0.5) is 19.0 Å². The van der Waals surface area contributed by atoms with Gasteiger partial charge in [0.2, 0.25) is 0 Å². The van der Waals surface area contributed by atoms with Gasteiger partial charge in [0.05, 0.1) is 0 Å². The number of hydrogen-bond acceptors (Lipinski definition) is 3. The molecule has 4 nitrogen and oxygen atoms in total. The van der Waals surface area contributed by atoms with Gasteiger partial charge in [-0.1, -0.05) is 22.9 Å². The highest BCUT2D eigenvalue weighted by atomic mass is 79.9. The third-order valence-corrected chi connectivity index (χ3v) is 4.64. The van der Waals surface area contributed by atoms with Crippen LogP contribution in [0.15, 0.2) is 18.5 Å². The number of anilines is 1. The Morgan fingerprint density at radius 3 is 2.86 bits per heavy atom. The zero-order valence-corrected chi connectivity index (χ0v) is 12.9. The molecule has 2 aromatic rings. The molecule has 0 aliphatic carbocycles. The van der Waals surface area contributed by atoms with Crippen LogP contribution in [0.25, 0.3) is 5.52 Å². The molecule has 0 N–H and O–H groups in total. The van der Waals surface area contributed by atoms with E-state index in [-0.39, 0.29) is 6.04 Å². The standard InChI is InChI=1S/C13H14BrF3N4/c1-8-2-4-20(10(8)7-14)12-9-6-11(13(15,16)17)19-21(9)5-3-18-12/h3,5-6,8,10H,2,4,7H2,1H3. The van der Waals surface area contributed by atoms with E-state index in [0.29, 0.717) is 17.3 Å². The average molecular weight is 363 g/mol. The van der Waals surface area contributed by atoms with Crippen molar-refractivity contribution in [1.29, 1.82) is 0 Å². The summed E-state index contributed by atoms with van der Waals surface area (Å²) in [4.78, 5) is 6.36. The van der Waals surface area contributed by atoms with Crippen LogP contribution in [0.2, 0.25) is 0 Å². The van der Waals surface area contributed by atoms with Gasteiger partial charge in [-0.15, -0.1) is 0 Å². The number of fused-ring (bicyclic) bond motifs is 1. The zero-order valence-electron chi connectivity index (χ0n) is 11.3. The predicted molar refractivity (Wildman–Crippen MR) is 76.7 cm³/mol. The van der Waals surface area contributed by atoms with Crippen molar-refractivity contribution < 1.29 is 13.2 Å². The largest absolute Gasteiger partial charge is 0.435 e. The molecule has 0 radical (unpaired) electrons. The van der Waals surface area contributed by atoms with Gasteiger partial charge in [0.15, 0.2) is 11.5 Å². The van der Waals surface area contributed by atoms with Gasteiger partial charge >= 0.3 is 6.18 Å². The molecule has 2 unspecified atom stereocenters. The van der Waals surface area contributed by atoms with Crippen LogP contribution in [-0.2, 0) is 6.18 Å². The quantitative estimate of drug-likeness (QED) is 0.768. The summed E-state index contributed by atoms with van der Waals surface area (Å²) < 4.78 is 39.7. The molecule has 0 amide bonds. The highest BCUT2D eigenvalue weighted by Crippen LogP contribution is 2.34. The van der Waals surface area contributed by atoms with Gasteiger partial charge in [-0.2, -0.15) is 18.3 Å². The molecular weight excluding hydrogens is 349 g/mol. The lowest BCUT2D eigenvalue weighted by atomic mass is 10.1. The number of halogens is 4. The predicted octanol–water partition coefficient (Wildman–Crippen LogP) is 3.36. The lowest BCUT2D eigenvalue weighted by molar-refractivity contribution is -0.141. The van der Waals surface area contributed by atoms with E-state index in [0.717, 1.165) is 24.4 Å². The van der Waals surface area contributed by atoms with Crippen LogP contribution >= 0.6 is 15.9 Å². The fraction of sp³-hybridized carbons (Fsp3) is 0.538. The lowest BCUT2D eigenvalue weighted by Gasteiger charge is -2.26. The van der Waals surface area contributed by atoms with Crippen LogP contribution < -0.4 is 4.90 Å². The van der Waals surface area contributed by atoms with Gasteiger partial charge in [0.1, 0.15) is 5.52 Å². The molecule has 1 saturated heterocycles. The van der Waals surface area contributed by atoms with Crippen molar-refractivity contribution in [2.75, 3.05) is 16.8 Å². The highest BCUT2D eigenvalue weighted by Gasteiger charge is 2.36. The van der Waals surface area contributed by atoms with Crippen molar-refractivity contribution in [3.8, 4) is 0 Å². The molecule has 1 aliphatic heterocycles. The summed E-state index contributed by atoms with van der Waals surface area (Å²) in [5, 5.41) is 4.36. The van der Waals surface area contributed by atoms with E-state index in [4.69, 9.17) is 0 Å². The number of aromatic nitrogens is 3. The van der Waals surface area contributed by atoms with Crippen molar-refractivity contribution in [3.63, 3.8) is 0 Å². The number of alkyl halides is 4. The number of rotatable bonds is 2. The molecule has 114 valence electrons. The van der Waals surface area contributed by atoms with E-state index in [1.165, 1.54) is 16.9 Å². The normalized spacial score (nSPS) is 23.2. The molecule has 0 bridgehead atoms. The molecule has 21 heavy (non-hydrogen) atoms. The number of hydrogen-bond donors (Lipinski definition) is 0. The Labute approximate surface area is 128 Å². The second-order valence-corrected chi connectivity index (χ2v) is 5.94. The lowest BCUT2D eigenvalue weighted by Crippen LogP contribution is -2.34. The van der Waals surface area contributed by atoms with E-state index >= 15 is 0 Å². The van der Waals surface area contributed by atoms with E-state index < -0.39 is 11.9 Å². The molecule has 2 atom stereocenters. The minimum atomic E-state index is -4.45. The minimum absolute atomic E-state index is 0.230. The monoisotopic (exact) mass is 362 g/mol. The molecule has 0 spiro atoms. The first-order chi connectivity index (χ1) is 9.91. The van der Waals surface area contributed by atoms with E-state index in [1.54, 1.807) is 0 Å². The summed E-state index contributed by atoms with van der Waals surface area (Å²) >= 11 is 3.48. The zero-order chi connectivity index (χ0) is 15.2. The molecule has 1 aliphatic rings. The second kappa shape index (κ2) is 5.15. The summed E-state index contributed by atoms with van der Waals surface area (Å²) in [5.74, 6) is 1.03. The maximum Gasteiger partial charge on any atom is 0.435 e. The summed E-state index contributed by atoms with van der Waals surface area (Å²) in [7, 11) is 0. The molecular formula is C13H14BrF3N4. The molecule has 2 aromatic heterocycles. The minimum Gasteiger partial charge on any atom is -0.351 e. The Bertz CT molecular complexity index is 654. The van der Waals surface area contributed by atoms with Crippen LogP contribution in [0, 0.1) is 5.92 Å². The smallest absolute Gasteiger partial charge is 0.351 e. The van der Waals surface area contributed by atoms with E-state index in [1.807, 2.05) is 0 Å². The Hall–Kier alpha value is -1.31. The molecule has 3 heterocycles. The first-order valence-corrected chi connectivity index (χ1v) is 7.78. The molecule has 0 saturated carbocycles. The topological polar surface area (TPSA) is 33.4 Å². The highest BCUT2D eigenvalue weighted by molar-refractivity contribution is 9.09. The fourth-order valence-electron chi connectivity index (χ4n) is 2.77. The fourth-order valence-corrected chi connectivity index (χ4v) is 3.76. The summed E-state index contributed by atoms with van der Waals surface area (Å²) in [6.45, 7) is 2.93. The Morgan fingerprint density at radius 2 is 2.19 bits per heavy atom. The Kier molecular flexibility index (Phi) is 3.59. The van der Waals surface area contributed by atoms with Crippen molar-refractivity contribution in [3.05, 3.63) is 24.2 Å². The van der Waals surface area contributed by atoms with Gasteiger partial charge in [-0.05, 0) is 12.3 Å². The second-order valence-electron chi connectivity index (χ2n) is 5.29. The first-order valence-electron chi connectivity index (χ1n) is 6.66. The maximum absolute atomic E-state index is 12.8. The van der Waals surface area contributed by atoms with Crippen LogP contribution in [0.1, 0.15) is 19.0 Å². The van der Waals surface area contributed by atoms with Gasteiger partial charge in [-0.25, -0.2) is 9.50 Å². The van der Waals surface area contributed by atoms with Gasteiger partial charge in [-0.3, -0.25) is 0 Å². The first kappa shape index (κ1) is 14.6. The molecule has 0 aromatic carbocycles. The van der Waals surface area contributed by atoms with Gasteiger partial charge < -0.3 is 4.90 Å². The van der Waals surface area contributed by atoms with Crippen LogP contribution in [0.5, 0.6) is 0 Å².